The third kappa shape index (κ3) is 1.62. The average Bonchev–Trinajstić information content (AvgIpc) is 2.93. The molecule has 0 amide bonds. The lowest BCUT2D eigenvalue weighted by atomic mass is 10.0. The van der Waals surface area contributed by atoms with E-state index < -0.39 is 23.5 Å². The van der Waals surface area contributed by atoms with Crippen LogP contribution >= 0.6 is 0 Å². The molecule has 1 atom stereocenters. The zero-order valence-electron chi connectivity index (χ0n) is 7.43. The van der Waals surface area contributed by atoms with Crippen molar-refractivity contribution in [3.8, 4) is 0 Å². The van der Waals surface area contributed by atoms with Gasteiger partial charge in [-0.3, -0.25) is 0 Å². The molecule has 0 bridgehead atoms. The van der Waals surface area contributed by atoms with E-state index in [4.69, 9.17) is 5.73 Å². The lowest BCUT2D eigenvalue weighted by molar-refractivity contribution is 0.466. The fraction of sp³-hybridized carbons (Fsp3) is 0.400. The van der Waals surface area contributed by atoms with E-state index in [0.717, 1.165) is 18.9 Å². The topological polar surface area (TPSA) is 26.0 Å². The predicted octanol–water partition coefficient (Wildman–Crippen LogP) is 2.51. The summed E-state index contributed by atoms with van der Waals surface area (Å²) in [6.45, 7) is 0. The SMILES string of the molecule is NC(c1cc(F)cc(F)c1F)C1CC1. The summed E-state index contributed by atoms with van der Waals surface area (Å²) >= 11 is 0. The van der Waals surface area contributed by atoms with Gasteiger partial charge in [0, 0.05) is 17.7 Å². The van der Waals surface area contributed by atoms with Crippen LogP contribution in [0.4, 0.5) is 13.2 Å². The molecule has 1 nitrogen and oxygen atoms in total. The lowest BCUT2D eigenvalue weighted by Gasteiger charge is -2.12. The molecule has 1 fully saturated rings. The Morgan fingerprint density at radius 3 is 2.43 bits per heavy atom. The van der Waals surface area contributed by atoms with Crippen molar-refractivity contribution >= 4 is 0 Å². The van der Waals surface area contributed by atoms with Gasteiger partial charge in [0.1, 0.15) is 5.82 Å². The van der Waals surface area contributed by atoms with Crippen LogP contribution in [0.25, 0.3) is 0 Å². The molecule has 1 aromatic rings. The van der Waals surface area contributed by atoms with Crippen LogP contribution < -0.4 is 5.73 Å². The van der Waals surface area contributed by atoms with Crippen LogP contribution in [0.3, 0.4) is 0 Å². The molecule has 2 rings (SSSR count). The molecule has 2 N–H and O–H groups in total. The second kappa shape index (κ2) is 3.28. The highest BCUT2D eigenvalue weighted by molar-refractivity contribution is 5.24. The standard InChI is InChI=1S/C10H10F3N/c11-6-3-7(9(13)8(12)4-6)10(14)5-1-2-5/h3-5,10H,1-2,14H2. The van der Waals surface area contributed by atoms with Crippen LogP contribution in [0.1, 0.15) is 24.4 Å². The van der Waals surface area contributed by atoms with Crippen molar-refractivity contribution in [2.24, 2.45) is 11.7 Å². The second-order valence-electron chi connectivity index (χ2n) is 3.65. The van der Waals surface area contributed by atoms with E-state index in [9.17, 15) is 13.2 Å². The maximum absolute atomic E-state index is 13.2. The molecule has 14 heavy (non-hydrogen) atoms. The van der Waals surface area contributed by atoms with Crippen molar-refractivity contribution in [2.75, 3.05) is 0 Å². The summed E-state index contributed by atoms with van der Waals surface area (Å²) in [6, 6.07) is 0.917. The summed E-state index contributed by atoms with van der Waals surface area (Å²) < 4.78 is 38.8. The molecular formula is C10H10F3N. The minimum absolute atomic E-state index is 0.0509. The van der Waals surface area contributed by atoms with Gasteiger partial charge < -0.3 is 5.73 Å². The third-order valence-corrected chi connectivity index (χ3v) is 2.51. The van der Waals surface area contributed by atoms with Gasteiger partial charge in [0.2, 0.25) is 0 Å². The molecule has 1 unspecified atom stereocenters. The van der Waals surface area contributed by atoms with Crippen molar-refractivity contribution in [2.45, 2.75) is 18.9 Å². The van der Waals surface area contributed by atoms with E-state index in [1.165, 1.54) is 0 Å². The van der Waals surface area contributed by atoms with Gasteiger partial charge in [-0.15, -0.1) is 0 Å². The van der Waals surface area contributed by atoms with Gasteiger partial charge >= 0.3 is 0 Å². The Morgan fingerprint density at radius 2 is 1.86 bits per heavy atom. The number of halogens is 3. The van der Waals surface area contributed by atoms with Gasteiger partial charge in [0.05, 0.1) is 0 Å². The zero-order chi connectivity index (χ0) is 10.3. The van der Waals surface area contributed by atoms with Gasteiger partial charge in [0.15, 0.2) is 11.6 Å². The van der Waals surface area contributed by atoms with Crippen molar-refractivity contribution in [3.05, 3.63) is 35.1 Å². The molecule has 76 valence electrons. The Bertz CT molecular complexity index is 361. The molecule has 0 heterocycles. The fourth-order valence-electron chi connectivity index (χ4n) is 1.53. The first-order valence-electron chi connectivity index (χ1n) is 4.49. The van der Waals surface area contributed by atoms with Crippen LogP contribution in [0.5, 0.6) is 0 Å². The van der Waals surface area contributed by atoms with E-state index in [1.54, 1.807) is 0 Å². The summed E-state index contributed by atoms with van der Waals surface area (Å²) in [6.07, 6.45) is 1.80. The number of hydrogen-bond donors (Lipinski definition) is 1. The molecular weight excluding hydrogens is 191 g/mol. The van der Waals surface area contributed by atoms with Crippen LogP contribution in [-0.2, 0) is 0 Å². The average molecular weight is 201 g/mol. The summed E-state index contributed by atoms with van der Waals surface area (Å²) in [7, 11) is 0. The van der Waals surface area contributed by atoms with Gasteiger partial charge in [0.25, 0.3) is 0 Å². The van der Waals surface area contributed by atoms with Gasteiger partial charge in [-0.05, 0) is 24.8 Å². The number of nitrogens with two attached hydrogens (primary N) is 1. The predicted molar refractivity (Wildman–Crippen MR) is 46.0 cm³/mol. The van der Waals surface area contributed by atoms with Crippen LogP contribution in [-0.4, -0.2) is 0 Å². The van der Waals surface area contributed by atoms with Gasteiger partial charge in [-0.2, -0.15) is 0 Å². The first kappa shape index (κ1) is 9.52. The normalized spacial score (nSPS) is 18.3. The van der Waals surface area contributed by atoms with E-state index in [1.807, 2.05) is 0 Å². The lowest BCUT2D eigenvalue weighted by Crippen LogP contribution is -2.15. The van der Waals surface area contributed by atoms with Crippen LogP contribution in [0.15, 0.2) is 12.1 Å². The monoisotopic (exact) mass is 201 g/mol. The molecule has 1 saturated carbocycles. The second-order valence-corrected chi connectivity index (χ2v) is 3.65. The largest absolute Gasteiger partial charge is 0.324 e. The quantitative estimate of drug-likeness (QED) is 0.731. The summed E-state index contributed by atoms with van der Waals surface area (Å²) in [5.74, 6) is -2.80. The smallest absolute Gasteiger partial charge is 0.163 e. The van der Waals surface area contributed by atoms with E-state index >= 15 is 0 Å². The Labute approximate surface area is 79.7 Å². The third-order valence-electron chi connectivity index (χ3n) is 2.51. The maximum Gasteiger partial charge on any atom is 0.163 e. The van der Waals surface area contributed by atoms with Crippen molar-refractivity contribution < 1.29 is 13.2 Å². The first-order chi connectivity index (χ1) is 6.59. The Kier molecular flexibility index (Phi) is 2.23. The maximum atomic E-state index is 13.2. The van der Waals surface area contributed by atoms with E-state index in [2.05, 4.69) is 0 Å². The zero-order valence-corrected chi connectivity index (χ0v) is 7.43. The highest BCUT2D eigenvalue weighted by atomic mass is 19.2. The Hall–Kier alpha value is -1.03. The summed E-state index contributed by atoms with van der Waals surface area (Å²) in [5.41, 5.74) is 5.61. The van der Waals surface area contributed by atoms with Crippen LogP contribution in [0, 0.1) is 23.4 Å². The summed E-state index contributed by atoms with van der Waals surface area (Å²) in [4.78, 5) is 0. The molecule has 0 saturated heterocycles. The van der Waals surface area contributed by atoms with Crippen molar-refractivity contribution in [1.82, 2.24) is 0 Å². The van der Waals surface area contributed by atoms with Gasteiger partial charge in [-0.1, -0.05) is 0 Å². The van der Waals surface area contributed by atoms with Gasteiger partial charge in [-0.25, -0.2) is 13.2 Å². The van der Waals surface area contributed by atoms with E-state index in [-0.39, 0.29) is 11.5 Å². The first-order valence-corrected chi connectivity index (χ1v) is 4.49. The summed E-state index contributed by atoms with van der Waals surface area (Å²) in [5, 5.41) is 0. The number of rotatable bonds is 2. The number of benzene rings is 1. The molecule has 0 radical (unpaired) electrons. The molecule has 0 aliphatic heterocycles. The number of hydrogen-bond acceptors (Lipinski definition) is 1. The van der Waals surface area contributed by atoms with Crippen molar-refractivity contribution in [1.29, 1.82) is 0 Å². The molecule has 0 spiro atoms. The Morgan fingerprint density at radius 1 is 1.21 bits per heavy atom. The minimum Gasteiger partial charge on any atom is -0.324 e. The molecule has 1 aliphatic rings. The molecule has 0 aromatic heterocycles. The molecule has 4 heteroatoms. The molecule has 1 aliphatic carbocycles. The fourth-order valence-corrected chi connectivity index (χ4v) is 1.53. The van der Waals surface area contributed by atoms with E-state index in [0.29, 0.717) is 6.07 Å². The van der Waals surface area contributed by atoms with Crippen LogP contribution in [0.2, 0.25) is 0 Å². The highest BCUT2D eigenvalue weighted by Gasteiger charge is 2.32. The molecule has 1 aromatic carbocycles. The highest BCUT2D eigenvalue weighted by Crippen LogP contribution is 2.40. The van der Waals surface area contributed by atoms with Crippen molar-refractivity contribution in [3.63, 3.8) is 0 Å². The minimum atomic E-state index is -1.17. The Balaban J connectivity index is 2.39.